The molecule has 0 N–H and O–H groups in total. The van der Waals surface area contributed by atoms with Gasteiger partial charge in [0.05, 0.1) is 6.61 Å². The lowest BCUT2D eigenvalue weighted by molar-refractivity contribution is -0.137. The summed E-state index contributed by atoms with van der Waals surface area (Å²) in [4.78, 5) is 19.8. The molecule has 64 valence electrons. The van der Waals surface area contributed by atoms with Gasteiger partial charge in [-0.25, -0.2) is 0 Å². The standard InChI is InChI=1S/C4H6O2.C4H8O/c5-4-2-1-3-6-4;1-3-4(2)5/h1-3H2;3H2,1-2H3. The summed E-state index contributed by atoms with van der Waals surface area (Å²) < 4.78 is 4.51. The van der Waals surface area contributed by atoms with E-state index >= 15 is 0 Å². The van der Waals surface area contributed by atoms with Gasteiger partial charge in [-0.3, -0.25) is 4.79 Å². The summed E-state index contributed by atoms with van der Waals surface area (Å²) in [6.45, 7) is 4.07. The van der Waals surface area contributed by atoms with Crippen LogP contribution in [0.4, 0.5) is 0 Å². The Kier molecular flexibility index (Phi) is 5.43. The summed E-state index contributed by atoms with van der Waals surface area (Å²) in [5.41, 5.74) is 0. The van der Waals surface area contributed by atoms with Crippen LogP contribution in [0.15, 0.2) is 0 Å². The van der Waals surface area contributed by atoms with E-state index in [1.807, 2.05) is 6.92 Å². The fourth-order valence-electron chi connectivity index (χ4n) is 0.475. The van der Waals surface area contributed by atoms with E-state index in [-0.39, 0.29) is 11.8 Å². The van der Waals surface area contributed by atoms with Crippen LogP contribution in [0.25, 0.3) is 0 Å². The van der Waals surface area contributed by atoms with Crippen LogP contribution >= 0.6 is 0 Å². The number of hydrogen-bond donors (Lipinski definition) is 0. The van der Waals surface area contributed by atoms with Crippen LogP contribution in [0.2, 0.25) is 0 Å². The molecule has 0 aromatic carbocycles. The molecule has 0 aromatic rings. The van der Waals surface area contributed by atoms with Crippen LogP contribution in [-0.2, 0) is 14.3 Å². The smallest absolute Gasteiger partial charge is 0.305 e. The Hall–Kier alpha value is -0.860. The van der Waals surface area contributed by atoms with E-state index in [9.17, 15) is 9.59 Å². The molecule has 1 saturated heterocycles. The number of carbonyl (C=O) groups is 2. The van der Waals surface area contributed by atoms with Crippen molar-refractivity contribution in [2.45, 2.75) is 33.1 Å². The van der Waals surface area contributed by atoms with Gasteiger partial charge < -0.3 is 9.53 Å². The normalized spacial score (nSPS) is 14.9. The average molecular weight is 158 g/mol. The van der Waals surface area contributed by atoms with Crippen molar-refractivity contribution in [3.8, 4) is 0 Å². The Bertz CT molecular complexity index is 132. The maximum Gasteiger partial charge on any atom is 0.305 e. The molecule has 0 atom stereocenters. The first-order valence-electron chi connectivity index (χ1n) is 3.82. The second kappa shape index (κ2) is 5.89. The number of ether oxygens (including phenoxy) is 1. The molecule has 1 aliphatic heterocycles. The van der Waals surface area contributed by atoms with E-state index in [4.69, 9.17) is 0 Å². The number of ketones is 1. The lowest BCUT2D eigenvalue weighted by Gasteiger charge is -1.81. The third-order valence-electron chi connectivity index (χ3n) is 1.29. The molecule has 3 heteroatoms. The van der Waals surface area contributed by atoms with Gasteiger partial charge in [0.15, 0.2) is 0 Å². The highest BCUT2D eigenvalue weighted by Gasteiger charge is 2.08. The molecule has 0 radical (unpaired) electrons. The molecule has 3 nitrogen and oxygen atoms in total. The van der Waals surface area contributed by atoms with Gasteiger partial charge in [0, 0.05) is 12.8 Å². The Morgan fingerprint density at radius 2 is 2.18 bits per heavy atom. The van der Waals surface area contributed by atoms with Crippen LogP contribution in [0, 0.1) is 0 Å². The van der Waals surface area contributed by atoms with Gasteiger partial charge in [-0.1, -0.05) is 6.92 Å². The van der Waals surface area contributed by atoms with Crippen molar-refractivity contribution in [2.24, 2.45) is 0 Å². The molecular weight excluding hydrogens is 144 g/mol. The first-order valence-corrected chi connectivity index (χ1v) is 3.82. The molecular formula is C8H14O3. The maximum atomic E-state index is 10.0. The van der Waals surface area contributed by atoms with Crippen molar-refractivity contribution < 1.29 is 14.3 Å². The molecule has 0 amide bonds. The van der Waals surface area contributed by atoms with Gasteiger partial charge in [-0.2, -0.15) is 0 Å². The van der Waals surface area contributed by atoms with Gasteiger partial charge in [0.1, 0.15) is 5.78 Å². The van der Waals surface area contributed by atoms with Crippen molar-refractivity contribution in [3.63, 3.8) is 0 Å². The fraction of sp³-hybridized carbons (Fsp3) is 0.750. The Morgan fingerprint density at radius 1 is 1.64 bits per heavy atom. The molecule has 1 heterocycles. The molecule has 0 aliphatic carbocycles. The van der Waals surface area contributed by atoms with Crippen molar-refractivity contribution in [3.05, 3.63) is 0 Å². The van der Waals surface area contributed by atoms with E-state index in [0.29, 0.717) is 19.4 Å². The quantitative estimate of drug-likeness (QED) is 0.540. The first kappa shape index (κ1) is 10.1. The van der Waals surface area contributed by atoms with Gasteiger partial charge in [-0.15, -0.1) is 0 Å². The van der Waals surface area contributed by atoms with Gasteiger partial charge in [-0.05, 0) is 13.3 Å². The SMILES string of the molecule is CCC(C)=O.O=C1CCCO1. The van der Waals surface area contributed by atoms with Gasteiger partial charge in [0.2, 0.25) is 0 Å². The Morgan fingerprint density at radius 3 is 2.27 bits per heavy atom. The lowest BCUT2D eigenvalue weighted by atomic mass is 10.4. The highest BCUT2D eigenvalue weighted by atomic mass is 16.5. The summed E-state index contributed by atoms with van der Waals surface area (Å²) in [6, 6.07) is 0. The fourth-order valence-corrected chi connectivity index (χ4v) is 0.475. The summed E-state index contributed by atoms with van der Waals surface area (Å²) in [7, 11) is 0. The molecule has 0 aromatic heterocycles. The number of Topliss-reactive ketones (excluding diaryl/α,β-unsaturated/α-hetero) is 1. The number of rotatable bonds is 1. The molecule has 1 aliphatic rings. The molecule has 0 saturated carbocycles. The van der Waals surface area contributed by atoms with E-state index in [2.05, 4.69) is 4.74 Å². The zero-order chi connectivity index (χ0) is 8.69. The largest absolute Gasteiger partial charge is 0.466 e. The molecule has 0 spiro atoms. The van der Waals surface area contributed by atoms with E-state index in [0.717, 1.165) is 6.42 Å². The third kappa shape index (κ3) is 7.03. The number of cyclic esters (lactones) is 1. The maximum absolute atomic E-state index is 10.0. The summed E-state index contributed by atoms with van der Waals surface area (Å²) in [5.74, 6) is 0.208. The predicted octanol–water partition coefficient (Wildman–Crippen LogP) is 1.31. The van der Waals surface area contributed by atoms with Crippen molar-refractivity contribution in [1.29, 1.82) is 0 Å². The van der Waals surface area contributed by atoms with Crippen molar-refractivity contribution in [2.75, 3.05) is 6.61 Å². The highest BCUT2D eigenvalue weighted by molar-refractivity contribution is 5.74. The Balaban J connectivity index is 0.000000187. The van der Waals surface area contributed by atoms with E-state index in [1.54, 1.807) is 6.92 Å². The monoisotopic (exact) mass is 158 g/mol. The Labute approximate surface area is 66.7 Å². The number of hydrogen-bond acceptors (Lipinski definition) is 3. The second-order valence-corrected chi connectivity index (χ2v) is 2.38. The number of carbonyl (C=O) groups excluding carboxylic acids is 2. The molecule has 11 heavy (non-hydrogen) atoms. The summed E-state index contributed by atoms with van der Waals surface area (Å²) in [5, 5.41) is 0. The van der Waals surface area contributed by atoms with Crippen LogP contribution in [0.5, 0.6) is 0 Å². The minimum atomic E-state index is -0.0463. The number of esters is 1. The predicted molar refractivity (Wildman–Crippen MR) is 41.2 cm³/mol. The zero-order valence-electron chi connectivity index (χ0n) is 7.05. The average Bonchev–Trinajstić information content (AvgIpc) is 2.41. The van der Waals surface area contributed by atoms with Crippen molar-refractivity contribution >= 4 is 11.8 Å². The minimum Gasteiger partial charge on any atom is -0.466 e. The molecule has 1 fully saturated rings. The van der Waals surface area contributed by atoms with Crippen LogP contribution in [0.3, 0.4) is 0 Å². The van der Waals surface area contributed by atoms with Gasteiger partial charge >= 0.3 is 5.97 Å². The van der Waals surface area contributed by atoms with Crippen LogP contribution in [0.1, 0.15) is 33.1 Å². The molecule has 1 rings (SSSR count). The highest BCUT2D eigenvalue weighted by Crippen LogP contribution is 2.01. The topological polar surface area (TPSA) is 43.4 Å². The second-order valence-electron chi connectivity index (χ2n) is 2.38. The van der Waals surface area contributed by atoms with E-state index < -0.39 is 0 Å². The summed E-state index contributed by atoms with van der Waals surface area (Å²) in [6.07, 6.45) is 2.21. The third-order valence-corrected chi connectivity index (χ3v) is 1.29. The van der Waals surface area contributed by atoms with E-state index in [1.165, 1.54) is 0 Å². The summed E-state index contributed by atoms with van der Waals surface area (Å²) >= 11 is 0. The van der Waals surface area contributed by atoms with Crippen LogP contribution in [-0.4, -0.2) is 18.4 Å². The first-order chi connectivity index (χ1) is 5.16. The zero-order valence-corrected chi connectivity index (χ0v) is 7.05. The van der Waals surface area contributed by atoms with Crippen molar-refractivity contribution in [1.82, 2.24) is 0 Å². The lowest BCUT2D eigenvalue weighted by Crippen LogP contribution is -1.88. The van der Waals surface area contributed by atoms with Crippen LogP contribution < -0.4 is 0 Å². The minimum absolute atomic E-state index is 0.0463. The van der Waals surface area contributed by atoms with Gasteiger partial charge in [0.25, 0.3) is 0 Å². The molecule has 0 unspecified atom stereocenters. The molecule has 0 bridgehead atoms.